The molecule has 1 rings (SSSR count). The molecule has 0 saturated carbocycles. The van der Waals surface area contributed by atoms with E-state index in [0.717, 1.165) is 5.02 Å². The Hall–Kier alpha value is 0.150. The van der Waals surface area contributed by atoms with Crippen LogP contribution in [0, 0.1) is 0 Å². The maximum Gasteiger partial charge on any atom is 0.0689 e. The summed E-state index contributed by atoms with van der Waals surface area (Å²) in [6.45, 7) is 4.31. The number of hydrogen-bond acceptors (Lipinski definition) is 1. The summed E-state index contributed by atoms with van der Waals surface area (Å²) in [7, 11) is 0. The molecule has 0 aromatic heterocycles. The Kier molecular flexibility index (Phi) is 3.96. The second-order valence-corrected chi connectivity index (χ2v) is 5.89. The van der Waals surface area contributed by atoms with Gasteiger partial charge in [-0.05, 0) is 31.5 Å². The number of thioether (sulfide) groups is 1. The van der Waals surface area contributed by atoms with Gasteiger partial charge in [0.05, 0.1) is 5.21 Å². The summed E-state index contributed by atoms with van der Waals surface area (Å²) in [5, 5.41) is 1.38. The third kappa shape index (κ3) is 3.08. The number of rotatable bonds is 3. The topological polar surface area (TPSA) is 0 Å². The summed E-state index contributed by atoms with van der Waals surface area (Å²) < 4.78 is 0.0618. The van der Waals surface area contributed by atoms with Crippen molar-refractivity contribution in [3.8, 4) is 0 Å². The second-order valence-electron chi connectivity index (χ2n) is 3.27. The lowest BCUT2D eigenvalue weighted by Crippen LogP contribution is -2.11. The van der Waals surface area contributed by atoms with Gasteiger partial charge in [-0.2, -0.15) is 0 Å². The highest BCUT2D eigenvalue weighted by Gasteiger charge is 2.19. The molecule has 0 aliphatic rings. The standard InChI is InChI=1S/C10H12Cl2S/c1-10(2,13-7-11)8-3-5-9(12)6-4-8/h3-6H,7H2,1-2H3. The van der Waals surface area contributed by atoms with E-state index < -0.39 is 0 Å². The van der Waals surface area contributed by atoms with E-state index in [4.69, 9.17) is 23.2 Å². The Bertz CT molecular complexity index is 267. The first-order chi connectivity index (χ1) is 6.06. The largest absolute Gasteiger partial charge is 0.135 e. The van der Waals surface area contributed by atoms with E-state index in [1.165, 1.54) is 5.56 Å². The Morgan fingerprint density at radius 3 is 2.23 bits per heavy atom. The van der Waals surface area contributed by atoms with Gasteiger partial charge in [-0.1, -0.05) is 23.7 Å². The smallest absolute Gasteiger partial charge is 0.0689 e. The van der Waals surface area contributed by atoms with Crippen molar-refractivity contribution in [3.05, 3.63) is 34.9 Å². The first kappa shape index (κ1) is 11.2. The van der Waals surface area contributed by atoms with E-state index >= 15 is 0 Å². The van der Waals surface area contributed by atoms with Crippen LogP contribution in [0.4, 0.5) is 0 Å². The van der Waals surface area contributed by atoms with Gasteiger partial charge in [0.25, 0.3) is 0 Å². The highest BCUT2D eigenvalue weighted by atomic mass is 35.5. The molecule has 1 aromatic rings. The van der Waals surface area contributed by atoms with Crippen LogP contribution < -0.4 is 0 Å². The molecule has 1 aromatic carbocycles. The molecule has 0 aliphatic heterocycles. The molecule has 0 N–H and O–H groups in total. The van der Waals surface area contributed by atoms with E-state index in [-0.39, 0.29) is 4.75 Å². The van der Waals surface area contributed by atoms with Gasteiger partial charge in [-0.3, -0.25) is 0 Å². The van der Waals surface area contributed by atoms with Crippen LogP contribution in [0.2, 0.25) is 5.02 Å². The third-order valence-electron chi connectivity index (χ3n) is 1.95. The highest BCUT2D eigenvalue weighted by molar-refractivity contribution is 8.01. The van der Waals surface area contributed by atoms with Gasteiger partial charge in [-0.25, -0.2) is 0 Å². The van der Waals surface area contributed by atoms with Gasteiger partial charge >= 0.3 is 0 Å². The van der Waals surface area contributed by atoms with Crippen LogP contribution in [0.25, 0.3) is 0 Å². The predicted octanol–water partition coefficient (Wildman–Crippen LogP) is 4.50. The molecule has 0 aliphatic carbocycles. The third-order valence-corrected chi connectivity index (χ3v) is 3.60. The summed E-state index contributed by atoms with van der Waals surface area (Å²) >= 11 is 13.2. The van der Waals surface area contributed by atoms with Crippen molar-refractivity contribution < 1.29 is 0 Å². The van der Waals surface area contributed by atoms with Gasteiger partial charge < -0.3 is 0 Å². The molecule has 0 fully saturated rings. The van der Waals surface area contributed by atoms with E-state index in [0.29, 0.717) is 5.21 Å². The molecule has 0 nitrogen and oxygen atoms in total. The predicted molar refractivity (Wildman–Crippen MR) is 62.8 cm³/mol. The lowest BCUT2D eigenvalue weighted by atomic mass is 10.0. The van der Waals surface area contributed by atoms with Gasteiger partial charge in [0.2, 0.25) is 0 Å². The van der Waals surface area contributed by atoms with Gasteiger partial charge in [0.15, 0.2) is 0 Å². The number of benzene rings is 1. The first-order valence-electron chi connectivity index (χ1n) is 4.02. The molecule has 0 bridgehead atoms. The molecule has 0 unspecified atom stereocenters. The molecule has 0 heterocycles. The fourth-order valence-corrected chi connectivity index (χ4v) is 2.59. The summed E-state index contributed by atoms with van der Waals surface area (Å²) in [6.07, 6.45) is 0. The van der Waals surface area contributed by atoms with Gasteiger partial charge in [-0.15, -0.1) is 23.4 Å². The summed E-state index contributed by atoms with van der Waals surface area (Å²) in [5.41, 5.74) is 1.25. The van der Waals surface area contributed by atoms with Crippen molar-refractivity contribution in [1.29, 1.82) is 0 Å². The van der Waals surface area contributed by atoms with Crippen molar-refractivity contribution in [2.45, 2.75) is 18.6 Å². The summed E-state index contributed by atoms with van der Waals surface area (Å²) in [4.78, 5) is 0. The van der Waals surface area contributed by atoms with Crippen LogP contribution in [-0.2, 0) is 4.75 Å². The van der Waals surface area contributed by atoms with Crippen molar-refractivity contribution in [2.24, 2.45) is 0 Å². The molecule has 0 spiro atoms. The molecule has 0 saturated heterocycles. The average molecular weight is 235 g/mol. The Balaban J connectivity index is 2.87. The number of hydrogen-bond donors (Lipinski definition) is 0. The average Bonchev–Trinajstić information content (AvgIpc) is 2.05. The van der Waals surface area contributed by atoms with Crippen LogP contribution in [0.3, 0.4) is 0 Å². The highest BCUT2D eigenvalue weighted by Crippen LogP contribution is 2.36. The lowest BCUT2D eigenvalue weighted by Gasteiger charge is -2.23. The zero-order valence-corrected chi connectivity index (χ0v) is 10.0. The van der Waals surface area contributed by atoms with Crippen LogP contribution >= 0.6 is 35.0 Å². The van der Waals surface area contributed by atoms with E-state index in [2.05, 4.69) is 13.8 Å². The lowest BCUT2D eigenvalue weighted by molar-refractivity contribution is 0.785. The van der Waals surface area contributed by atoms with Gasteiger partial charge in [0, 0.05) is 9.77 Å². The van der Waals surface area contributed by atoms with Crippen molar-refractivity contribution in [2.75, 3.05) is 5.21 Å². The van der Waals surface area contributed by atoms with Crippen LogP contribution in [0.5, 0.6) is 0 Å². The molecule has 3 heteroatoms. The SMILES string of the molecule is CC(C)(SCCl)c1ccc(Cl)cc1. The van der Waals surface area contributed by atoms with Gasteiger partial charge in [0.1, 0.15) is 0 Å². The minimum absolute atomic E-state index is 0.0618. The molecule has 0 amide bonds. The minimum atomic E-state index is 0.0618. The maximum absolute atomic E-state index is 5.81. The fourth-order valence-electron chi connectivity index (χ4n) is 1.07. The van der Waals surface area contributed by atoms with Crippen LogP contribution in [0.1, 0.15) is 19.4 Å². The molecule has 0 radical (unpaired) electrons. The zero-order valence-electron chi connectivity index (χ0n) is 7.68. The van der Waals surface area contributed by atoms with Crippen molar-refractivity contribution in [1.82, 2.24) is 0 Å². The Labute approximate surface area is 93.6 Å². The van der Waals surface area contributed by atoms with Crippen LogP contribution in [-0.4, -0.2) is 5.21 Å². The molecule has 13 heavy (non-hydrogen) atoms. The monoisotopic (exact) mass is 234 g/mol. The Morgan fingerprint density at radius 2 is 1.77 bits per heavy atom. The van der Waals surface area contributed by atoms with E-state index in [9.17, 15) is 0 Å². The summed E-state index contributed by atoms with van der Waals surface area (Å²) in [6, 6.07) is 7.91. The quantitative estimate of drug-likeness (QED) is 0.695. The second kappa shape index (κ2) is 4.59. The number of alkyl halides is 1. The first-order valence-corrected chi connectivity index (χ1v) is 5.92. The molecular formula is C10H12Cl2S. The zero-order chi connectivity index (χ0) is 9.90. The van der Waals surface area contributed by atoms with Crippen LogP contribution in [0.15, 0.2) is 24.3 Å². The number of halogens is 2. The molecule has 0 atom stereocenters. The Morgan fingerprint density at radius 1 is 1.23 bits per heavy atom. The maximum atomic E-state index is 5.81. The van der Waals surface area contributed by atoms with Crippen molar-refractivity contribution in [3.63, 3.8) is 0 Å². The van der Waals surface area contributed by atoms with E-state index in [1.54, 1.807) is 11.8 Å². The molecule has 72 valence electrons. The normalized spacial score (nSPS) is 11.7. The molecular weight excluding hydrogens is 223 g/mol. The van der Waals surface area contributed by atoms with E-state index in [1.807, 2.05) is 24.3 Å². The van der Waals surface area contributed by atoms with Crippen molar-refractivity contribution >= 4 is 35.0 Å². The summed E-state index contributed by atoms with van der Waals surface area (Å²) in [5.74, 6) is 0. The fraction of sp³-hybridized carbons (Fsp3) is 0.400. The minimum Gasteiger partial charge on any atom is -0.135 e.